The Morgan fingerprint density at radius 1 is 1.36 bits per heavy atom. The number of carboxylic acid groups (broad SMARTS) is 1. The summed E-state index contributed by atoms with van der Waals surface area (Å²) in [4.78, 5) is 10.9. The summed E-state index contributed by atoms with van der Waals surface area (Å²) in [7, 11) is 3.46. The normalized spacial score (nSPS) is 10.3. The van der Waals surface area contributed by atoms with Gasteiger partial charge in [0.2, 0.25) is 0 Å². The number of rotatable bonds is 2. The van der Waals surface area contributed by atoms with Gasteiger partial charge in [-0.25, -0.2) is 4.79 Å². The maximum absolute atomic E-state index is 10.9. The van der Waals surface area contributed by atoms with E-state index in [4.69, 9.17) is 5.11 Å². The summed E-state index contributed by atoms with van der Waals surface area (Å²) in [5.74, 6) is -0.853. The number of aryl methyl sites for hydroxylation is 1. The molecule has 0 heterocycles. The second-order valence-electron chi connectivity index (χ2n) is 3.45. The van der Waals surface area contributed by atoms with Gasteiger partial charge in [-0.1, -0.05) is 0 Å². The molecule has 0 aromatic heterocycles. The molecule has 0 saturated carbocycles. The molecule has 0 aliphatic heterocycles. The van der Waals surface area contributed by atoms with E-state index in [0.29, 0.717) is 5.56 Å². The molecule has 0 spiro atoms. The van der Waals surface area contributed by atoms with E-state index in [1.165, 1.54) is 5.56 Å². The Balaban J connectivity index is 3.47. The van der Waals surface area contributed by atoms with Crippen LogP contribution in [0.5, 0.6) is 0 Å². The van der Waals surface area contributed by atoms with Crippen molar-refractivity contribution in [3.8, 4) is 0 Å². The minimum Gasteiger partial charge on any atom is -0.478 e. The second-order valence-corrected chi connectivity index (χ2v) is 3.81. The van der Waals surface area contributed by atoms with E-state index in [2.05, 4.69) is 10.2 Å². The minimum atomic E-state index is -0.853. The molecule has 2 nitrogen and oxygen atoms in total. The predicted molar refractivity (Wildman–Crippen MR) is 57.1 cm³/mol. The van der Waals surface area contributed by atoms with Crippen LogP contribution in [0.25, 0.3) is 0 Å². The molecule has 0 bridgehead atoms. The molecule has 1 aromatic rings. The third-order valence-electron chi connectivity index (χ3n) is 2.66. The largest absolute Gasteiger partial charge is 0.478 e. The highest BCUT2D eigenvalue weighted by Crippen LogP contribution is 2.21. The van der Waals surface area contributed by atoms with Gasteiger partial charge >= 0.3 is 5.97 Å². The van der Waals surface area contributed by atoms with E-state index < -0.39 is 5.97 Å². The van der Waals surface area contributed by atoms with Gasteiger partial charge in [0, 0.05) is 10.2 Å². The van der Waals surface area contributed by atoms with Crippen LogP contribution in [0.2, 0.25) is 0 Å². The second kappa shape index (κ2) is 3.96. The fourth-order valence-electron chi connectivity index (χ4n) is 1.63. The zero-order valence-electron chi connectivity index (χ0n) is 8.64. The molecule has 73 valence electrons. The Morgan fingerprint density at radius 3 is 2.36 bits per heavy atom. The Labute approximate surface area is 87.4 Å². The van der Waals surface area contributed by atoms with E-state index in [0.717, 1.165) is 22.7 Å². The van der Waals surface area contributed by atoms with Gasteiger partial charge < -0.3 is 5.11 Å². The van der Waals surface area contributed by atoms with Crippen molar-refractivity contribution < 1.29 is 9.90 Å². The van der Waals surface area contributed by atoms with Crippen LogP contribution >= 0.6 is 0 Å². The molecule has 1 N–H and O–H groups in total. The summed E-state index contributed by atoms with van der Waals surface area (Å²) in [6, 6.07) is 2.50. The lowest BCUT2D eigenvalue weighted by Crippen LogP contribution is -2.06. The molecular formula is C11H13O2Si. The molecule has 1 rings (SSSR count). The summed E-state index contributed by atoms with van der Waals surface area (Å²) in [5, 5.41) is 8.97. The van der Waals surface area contributed by atoms with Crippen LogP contribution in [-0.2, 0) is 6.04 Å². The predicted octanol–water partition coefficient (Wildman–Crippen LogP) is 1.98. The molecule has 0 saturated heterocycles. The maximum Gasteiger partial charge on any atom is 0.335 e. The molecule has 0 aliphatic rings. The molecular weight excluding hydrogens is 192 g/mol. The Kier molecular flexibility index (Phi) is 3.11. The minimum absolute atomic E-state index is 0.406. The van der Waals surface area contributed by atoms with Crippen molar-refractivity contribution in [1.82, 2.24) is 0 Å². The summed E-state index contributed by atoms with van der Waals surface area (Å²) >= 11 is 0. The van der Waals surface area contributed by atoms with E-state index in [1.807, 2.05) is 20.8 Å². The molecule has 0 fully saturated rings. The molecule has 3 radical (unpaired) electrons. The third kappa shape index (κ3) is 1.73. The monoisotopic (exact) mass is 205 g/mol. The van der Waals surface area contributed by atoms with Gasteiger partial charge in [-0.3, -0.25) is 0 Å². The Bertz CT molecular complexity index is 383. The third-order valence-corrected chi connectivity index (χ3v) is 3.02. The number of benzene rings is 1. The van der Waals surface area contributed by atoms with Gasteiger partial charge in [0.15, 0.2) is 0 Å². The first kappa shape index (κ1) is 11.0. The molecule has 0 unspecified atom stereocenters. The van der Waals surface area contributed by atoms with Crippen molar-refractivity contribution in [2.45, 2.75) is 26.8 Å². The lowest BCUT2D eigenvalue weighted by Gasteiger charge is -2.13. The summed E-state index contributed by atoms with van der Waals surface area (Å²) < 4.78 is 0. The topological polar surface area (TPSA) is 37.3 Å². The average molecular weight is 205 g/mol. The van der Waals surface area contributed by atoms with Crippen LogP contribution in [0.1, 0.15) is 32.6 Å². The SMILES string of the molecule is Cc1cc(C(=O)O)c(C)c(C)c1C[Si]. The number of hydrogen-bond acceptors (Lipinski definition) is 1. The summed E-state index contributed by atoms with van der Waals surface area (Å²) in [6.07, 6.45) is 0. The highest BCUT2D eigenvalue weighted by Gasteiger charge is 2.13. The molecule has 1 aromatic carbocycles. The Morgan fingerprint density at radius 2 is 1.93 bits per heavy atom. The van der Waals surface area contributed by atoms with Gasteiger partial charge in [0.05, 0.1) is 5.56 Å². The number of carbonyl (C=O) groups is 1. The lowest BCUT2D eigenvalue weighted by molar-refractivity contribution is 0.0696. The standard InChI is InChI=1S/C11H13O2Si/c1-6-4-9(11(12)13)7(2)8(3)10(6)5-14/h4H,5H2,1-3H3,(H,12,13). The van der Waals surface area contributed by atoms with E-state index in [1.54, 1.807) is 6.07 Å². The van der Waals surface area contributed by atoms with E-state index in [-0.39, 0.29) is 0 Å². The number of hydrogen-bond donors (Lipinski definition) is 1. The highest BCUT2D eigenvalue weighted by atomic mass is 28.1. The van der Waals surface area contributed by atoms with Crippen molar-refractivity contribution in [2.24, 2.45) is 0 Å². The quantitative estimate of drug-likeness (QED) is 0.750. The van der Waals surface area contributed by atoms with Crippen LogP contribution < -0.4 is 0 Å². The van der Waals surface area contributed by atoms with Crippen LogP contribution in [0, 0.1) is 20.8 Å². The molecule has 0 amide bonds. The first-order valence-corrected chi connectivity index (χ1v) is 5.17. The molecule has 0 aliphatic carbocycles. The zero-order chi connectivity index (χ0) is 10.9. The van der Waals surface area contributed by atoms with Crippen molar-refractivity contribution in [1.29, 1.82) is 0 Å². The van der Waals surface area contributed by atoms with Crippen LogP contribution in [0.3, 0.4) is 0 Å². The zero-order valence-corrected chi connectivity index (χ0v) is 9.64. The van der Waals surface area contributed by atoms with Crippen molar-refractivity contribution in [2.75, 3.05) is 0 Å². The fraction of sp³-hybridized carbons (Fsp3) is 0.364. The highest BCUT2D eigenvalue weighted by molar-refractivity contribution is 6.08. The lowest BCUT2D eigenvalue weighted by atomic mass is 9.94. The first-order valence-electron chi connectivity index (χ1n) is 4.46. The number of aromatic carboxylic acids is 1. The summed E-state index contributed by atoms with van der Waals surface area (Å²) in [6.45, 7) is 5.75. The van der Waals surface area contributed by atoms with Crippen LogP contribution in [-0.4, -0.2) is 21.3 Å². The van der Waals surface area contributed by atoms with Gasteiger partial charge in [-0.2, -0.15) is 0 Å². The van der Waals surface area contributed by atoms with Gasteiger partial charge in [0.25, 0.3) is 0 Å². The molecule has 3 heteroatoms. The van der Waals surface area contributed by atoms with Gasteiger partial charge in [-0.05, 0) is 55.1 Å². The maximum atomic E-state index is 10.9. The molecule has 0 atom stereocenters. The fourth-order valence-corrected chi connectivity index (χ4v) is 2.17. The first-order chi connectivity index (χ1) is 6.49. The van der Waals surface area contributed by atoms with Crippen LogP contribution in [0.4, 0.5) is 0 Å². The van der Waals surface area contributed by atoms with Crippen molar-refractivity contribution in [3.05, 3.63) is 33.9 Å². The van der Waals surface area contributed by atoms with Crippen LogP contribution in [0.15, 0.2) is 6.07 Å². The van der Waals surface area contributed by atoms with Gasteiger partial charge in [-0.15, -0.1) is 0 Å². The number of carboxylic acids is 1. The molecule has 14 heavy (non-hydrogen) atoms. The average Bonchev–Trinajstić information content (AvgIpc) is 2.12. The van der Waals surface area contributed by atoms with Crippen molar-refractivity contribution in [3.63, 3.8) is 0 Å². The van der Waals surface area contributed by atoms with Crippen molar-refractivity contribution >= 4 is 16.2 Å². The van der Waals surface area contributed by atoms with Gasteiger partial charge in [0.1, 0.15) is 0 Å². The Hall–Kier alpha value is -1.09. The van der Waals surface area contributed by atoms with E-state index >= 15 is 0 Å². The van der Waals surface area contributed by atoms with E-state index in [9.17, 15) is 4.79 Å². The summed E-state index contributed by atoms with van der Waals surface area (Å²) in [5.41, 5.74) is 4.54. The smallest absolute Gasteiger partial charge is 0.335 e.